The first-order valence-electron chi connectivity index (χ1n) is 5.08. The van der Waals surface area contributed by atoms with Crippen molar-refractivity contribution in [2.75, 3.05) is 5.32 Å². The van der Waals surface area contributed by atoms with E-state index < -0.39 is 17.6 Å². The van der Waals surface area contributed by atoms with E-state index in [-0.39, 0.29) is 15.7 Å². The summed E-state index contributed by atoms with van der Waals surface area (Å²) in [7, 11) is 0. The van der Waals surface area contributed by atoms with Gasteiger partial charge < -0.3 is 9.73 Å². The summed E-state index contributed by atoms with van der Waals surface area (Å²) in [5, 5.41) is 2.36. The van der Waals surface area contributed by atoms with Crippen molar-refractivity contribution in [3.05, 3.63) is 52.4 Å². The van der Waals surface area contributed by atoms with Gasteiger partial charge in [0.1, 0.15) is 6.26 Å². The molecule has 1 heterocycles. The van der Waals surface area contributed by atoms with Gasteiger partial charge >= 0.3 is 6.18 Å². The minimum absolute atomic E-state index is 0.0572. The maximum Gasteiger partial charge on any atom is 0.417 e. The molecule has 0 aliphatic heterocycles. The quantitative estimate of drug-likeness (QED) is 0.889. The topological polar surface area (TPSA) is 42.2 Å². The number of benzene rings is 1. The zero-order chi connectivity index (χ0) is 14.0. The van der Waals surface area contributed by atoms with Crippen molar-refractivity contribution in [3.63, 3.8) is 0 Å². The Morgan fingerprint density at radius 1 is 1.26 bits per heavy atom. The fraction of sp³-hybridized carbons (Fsp3) is 0.0833. The molecule has 0 fully saturated rings. The van der Waals surface area contributed by atoms with Crippen LogP contribution in [-0.2, 0) is 6.18 Å². The van der Waals surface area contributed by atoms with Gasteiger partial charge in [0, 0.05) is 10.2 Å². The molecule has 1 aromatic carbocycles. The van der Waals surface area contributed by atoms with E-state index in [0.29, 0.717) is 0 Å². The smallest absolute Gasteiger partial charge is 0.417 e. The highest BCUT2D eigenvalue weighted by atomic mass is 79.9. The number of halogens is 4. The Balaban J connectivity index is 2.25. The standard InChI is InChI=1S/C12H7BrF3NO2/c13-10-2-1-8(5-9(10)12(14,15)16)17-11(18)7-3-4-19-6-7/h1-6H,(H,17,18). The molecule has 7 heteroatoms. The normalized spacial score (nSPS) is 11.4. The van der Waals surface area contributed by atoms with Crippen LogP contribution < -0.4 is 5.32 Å². The van der Waals surface area contributed by atoms with Crippen LogP contribution in [0, 0.1) is 0 Å². The highest BCUT2D eigenvalue weighted by molar-refractivity contribution is 9.10. The van der Waals surface area contributed by atoms with Crippen LogP contribution in [0.2, 0.25) is 0 Å². The molecule has 0 saturated heterocycles. The number of carbonyl (C=O) groups excluding carboxylic acids is 1. The number of anilines is 1. The zero-order valence-electron chi connectivity index (χ0n) is 9.29. The molecule has 0 aliphatic rings. The lowest BCUT2D eigenvalue weighted by atomic mass is 10.2. The molecule has 3 nitrogen and oxygen atoms in total. The lowest BCUT2D eigenvalue weighted by molar-refractivity contribution is -0.138. The van der Waals surface area contributed by atoms with Crippen molar-refractivity contribution in [1.82, 2.24) is 0 Å². The van der Waals surface area contributed by atoms with E-state index in [2.05, 4.69) is 21.2 Å². The second kappa shape index (κ2) is 5.08. The number of hydrogen-bond acceptors (Lipinski definition) is 2. The van der Waals surface area contributed by atoms with Crippen molar-refractivity contribution in [1.29, 1.82) is 0 Å². The summed E-state index contributed by atoms with van der Waals surface area (Å²) >= 11 is 2.82. The lowest BCUT2D eigenvalue weighted by Gasteiger charge is -2.11. The van der Waals surface area contributed by atoms with E-state index in [9.17, 15) is 18.0 Å². The molecule has 1 amide bonds. The summed E-state index contributed by atoms with van der Waals surface area (Å²) in [6, 6.07) is 4.88. The average molecular weight is 334 g/mol. The van der Waals surface area contributed by atoms with E-state index >= 15 is 0 Å². The first-order chi connectivity index (χ1) is 8.88. The Labute approximate surface area is 114 Å². The van der Waals surface area contributed by atoms with Gasteiger partial charge in [-0.25, -0.2) is 0 Å². The van der Waals surface area contributed by atoms with Crippen molar-refractivity contribution in [2.24, 2.45) is 0 Å². The Bertz CT molecular complexity index is 594. The molecule has 0 bridgehead atoms. The summed E-state index contributed by atoms with van der Waals surface area (Å²) in [4.78, 5) is 11.7. The van der Waals surface area contributed by atoms with Crippen LogP contribution in [-0.4, -0.2) is 5.91 Å². The SMILES string of the molecule is O=C(Nc1ccc(Br)c(C(F)(F)F)c1)c1ccoc1. The van der Waals surface area contributed by atoms with Crippen LogP contribution in [0.5, 0.6) is 0 Å². The Hall–Kier alpha value is -1.76. The number of alkyl halides is 3. The van der Waals surface area contributed by atoms with Gasteiger partial charge in [-0.05, 0) is 24.3 Å². The summed E-state index contributed by atoms with van der Waals surface area (Å²) in [5.74, 6) is -0.538. The number of hydrogen-bond donors (Lipinski definition) is 1. The maximum atomic E-state index is 12.7. The predicted molar refractivity (Wildman–Crippen MR) is 65.8 cm³/mol. The number of amides is 1. The highest BCUT2D eigenvalue weighted by Gasteiger charge is 2.33. The molecule has 0 unspecified atom stereocenters. The van der Waals surface area contributed by atoms with Gasteiger partial charge in [-0.1, -0.05) is 15.9 Å². The van der Waals surface area contributed by atoms with Crippen LogP contribution in [0.15, 0.2) is 45.7 Å². The molecule has 0 atom stereocenters. The molecule has 2 aromatic rings. The number of carbonyl (C=O) groups is 1. The van der Waals surface area contributed by atoms with Crippen molar-refractivity contribution >= 4 is 27.5 Å². The average Bonchev–Trinajstić information content (AvgIpc) is 2.83. The largest absolute Gasteiger partial charge is 0.472 e. The van der Waals surface area contributed by atoms with Gasteiger partial charge in [-0.3, -0.25) is 4.79 Å². The lowest BCUT2D eigenvalue weighted by Crippen LogP contribution is -2.12. The summed E-state index contributed by atoms with van der Waals surface area (Å²) in [6.07, 6.45) is -1.98. The van der Waals surface area contributed by atoms with Gasteiger partial charge in [-0.2, -0.15) is 13.2 Å². The van der Waals surface area contributed by atoms with Crippen LogP contribution in [0.4, 0.5) is 18.9 Å². The number of nitrogens with one attached hydrogen (secondary N) is 1. The van der Waals surface area contributed by atoms with Crippen LogP contribution in [0.3, 0.4) is 0 Å². The van der Waals surface area contributed by atoms with Gasteiger partial charge in [0.2, 0.25) is 0 Å². The monoisotopic (exact) mass is 333 g/mol. The molecule has 19 heavy (non-hydrogen) atoms. The second-order valence-corrected chi connectivity index (χ2v) is 4.51. The highest BCUT2D eigenvalue weighted by Crippen LogP contribution is 2.36. The molecule has 0 aliphatic carbocycles. The van der Waals surface area contributed by atoms with E-state index in [1.54, 1.807) is 0 Å². The van der Waals surface area contributed by atoms with Crippen LogP contribution >= 0.6 is 15.9 Å². The molecule has 1 aromatic heterocycles. The predicted octanol–water partition coefficient (Wildman–Crippen LogP) is 4.31. The van der Waals surface area contributed by atoms with Gasteiger partial charge in [-0.15, -0.1) is 0 Å². The Morgan fingerprint density at radius 2 is 2.00 bits per heavy atom. The van der Waals surface area contributed by atoms with E-state index in [1.165, 1.54) is 30.7 Å². The van der Waals surface area contributed by atoms with Gasteiger partial charge in [0.15, 0.2) is 0 Å². The third-order valence-corrected chi connectivity index (χ3v) is 3.00. The summed E-state index contributed by atoms with van der Waals surface area (Å²) in [5.41, 5.74) is -0.560. The first-order valence-corrected chi connectivity index (χ1v) is 5.87. The molecule has 1 N–H and O–H groups in total. The molecule has 2 rings (SSSR count). The van der Waals surface area contributed by atoms with Gasteiger partial charge in [0.05, 0.1) is 17.4 Å². The third-order valence-electron chi connectivity index (χ3n) is 2.31. The molecule has 0 saturated carbocycles. The van der Waals surface area contributed by atoms with E-state index in [1.807, 2.05) is 0 Å². The number of furan rings is 1. The first kappa shape index (κ1) is 13.7. The molecule has 0 spiro atoms. The minimum Gasteiger partial charge on any atom is -0.472 e. The summed E-state index contributed by atoms with van der Waals surface area (Å²) < 4.78 is 42.7. The van der Waals surface area contributed by atoms with Crippen molar-refractivity contribution in [2.45, 2.75) is 6.18 Å². The summed E-state index contributed by atoms with van der Waals surface area (Å²) in [6.45, 7) is 0. The maximum absolute atomic E-state index is 12.7. The third kappa shape index (κ3) is 3.17. The molecular formula is C12H7BrF3NO2. The fourth-order valence-electron chi connectivity index (χ4n) is 1.42. The zero-order valence-corrected chi connectivity index (χ0v) is 10.9. The van der Waals surface area contributed by atoms with E-state index in [4.69, 9.17) is 4.42 Å². The molecule has 0 radical (unpaired) electrons. The fourth-order valence-corrected chi connectivity index (χ4v) is 1.89. The molecular weight excluding hydrogens is 327 g/mol. The van der Waals surface area contributed by atoms with Crippen LogP contribution in [0.25, 0.3) is 0 Å². The second-order valence-electron chi connectivity index (χ2n) is 3.66. The minimum atomic E-state index is -4.49. The molecule has 100 valence electrons. The number of rotatable bonds is 2. The van der Waals surface area contributed by atoms with Crippen LogP contribution in [0.1, 0.15) is 15.9 Å². The Morgan fingerprint density at radius 3 is 2.58 bits per heavy atom. The van der Waals surface area contributed by atoms with E-state index in [0.717, 1.165) is 6.07 Å². The van der Waals surface area contributed by atoms with Crippen molar-refractivity contribution < 1.29 is 22.4 Å². The van der Waals surface area contributed by atoms with Crippen molar-refractivity contribution in [3.8, 4) is 0 Å². The Kier molecular flexibility index (Phi) is 3.66. The van der Waals surface area contributed by atoms with Gasteiger partial charge in [0.25, 0.3) is 5.91 Å².